The quantitative estimate of drug-likeness (QED) is 0.822. The molecule has 0 spiro atoms. The summed E-state index contributed by atoms with van der Waals surface area (Å²) >= 11 is 0. The number of ether oxygens (including phenoxy) is 2. The summed E-state index contributed by atoms with van der Waals surface area (Å²) in [6, 6.07) is 8.33. The maximum atomic E-state index is 6.22. The Kier molecular flexibility index (Phi) is 5.67. The van der Waals surface area contributed by atoms with E-state index in [1.54, 1.807) is 7.11 Å². The fourth-order valence-electron chi connectivity index (χ4n) is 2.74. The molecule has 0 bridgehead atoms. The molecule has 1 heterocycles. The van der Waals surface area contributed by atoms with Crippen LogP contribution in [-0.2, 0) is 11.2 Å². The van der Waals surface area contributed by atoms with Gasteiger partial charge in [-0.2, -0.15) is 0 Å². The lowest BCUT2D eigenvalue weighted by Crippen LogP contribution is -2.23. The average Bonchev–Trinajstić information content (AvgIpc) is 2.92. The third kappa shape index (κ3) is 4.51. The molecular weight excluding hydrogens is 238 g/mol. The van der Waals surface area contributed by atoms with Gasteiger partial charge in [0, 0.05) is 12.6 Å². The largest absolute Gasteiger partial charge is 0.496 e. The number of hydrogen-bond acceptors (Lipinski definition) is 3. The highest BCUT2D eigenvalue weighted by atomic mass is 16.5. The molecule has 1 aliphatic rings. The molecule has 0 amide bonds. The van der Waals surface area contributed by atoms with E-state index in [1.807, 2.05) is 18.2 Å². The van der Waals surface area contributed by atoms with Gasteiger partial charge in [-0.15, -0.1) is 0 Å². The molecule has 2 unspecified atom stereocenters. The second-order valence-electron chi connectivity index (χ2n) is 5.34. The van der Waals surface area contributed by atoms with Gasteiger partial charge in [-0.3, -0.25) is 0 Å². The Hall–Kier alpha value is -1.06. The van der Waals surface area contributed by atoms with Crippen molar-refractivity contribution < 1.29 is 9.47 Å². The molecule has 2 atom stereocenters. The number of para-hydroxylation sites is 1. The zero-order valence-corrected chi connectivity index (χ0v) is 11.8. The van der Waals surface area contributed by atoms with Gasteiger partial charge in [0.25, 0.3) is 0 Å². The summed E-state index contributed by atoms with van der Waals surface area (Å²) in [5.74, 6) is 0.942. The van der Waals surface area contributed by atoms with Gasteiger partial charge < -0.3 is 15.2 Å². The van der Waals surface area contributed by atoms with Crippen molar-refractivity contribution in [3.8, 4) is 5.75 Å². The Labute approximate surface area is 116 Å². The van der Waals surface area contributed by atoms with Gasteiger partial charge in [-0.25, -0.2) is 0 Å². The van der Waals surface area contributed by atoms with Gasteiger partial charge >= 0.3 is 0 Å². The molecule has 3 nitrogen and oxygen atoms in total. The Bertz CT molecular complexity index is 375. The summed E-state index contributed by atoms with van der Waals surface area (Å²) in [5, 5.41) is 0. The van der Waals surface area contributed by atoms with E-state index in [4.69, 9.17) is 15.2 Å². The minimum Gasteiger partial charge on any atom is -0.496 e. The van der Waals surface area contributed by atoms with E-state index in [0.29, 0.717) is 6.10 Å². The lowest BCUT2D eigenvalue weighted by Gasteiger charge is -2.15. The molecule has 106 valence electrons. The molecule has 1 aromatic rings. The van der Waals surface area contributed by atoms with Crippen LogP contribution in [0.2, 0.25) is 0 Å². The van der Waals surface area contributed by atoms with E-state index in [-0.39, 0.29) is 6.04 Å². The van der Waals surface area contributed by atoms with Gasteiger partial charge in [0.15, 0.2) is 0 Å². The van der Waals surface area contributed by atoms with Crippen LogP contribution in [0.15, 0.2) is 24.3 Å². The summed E-state index contributed by atoms with van der Waals surface area (Å²) in [7, 11) is 1.71. The Balaban J connectivity index is 1.72. The molecule has 0 saturated carbocycles. The molecule has 2 N–H and O–H groups in total. The van der Waals surface area contributed by atoms with Crippen LogP contribution in [-0.4, -0.2) is 25.9 Å². The molecule has 1 fully saturated rings. The lowest BCUT2D eigenvalue weighted by atomic mass is 9.99. The van der Waals surface area contributed by atoms with Gasteiger partial charge in [0.05, 0.1) is 13.2 Å². The highest BCUT2D eigenvalue weighted by Crippen LogP contribution is 2.21. The Morgan fingerprint density at radius 3 is 3.00 bits per heavy atom. The first-order chi connectivity index (χ1) is 9.29. The van der Waals surface area contributed by atoms with Crippen molar-refractivity contribution in [1.29, 1.82) is 0 Å². The molecule has 1 aliphatic heterocycles. The van der Waals surface area contributed by atoms with Crippen molar-refractivity contribution in [1.82, 2.24) is 0 Å². The highest BCUT2D eigenvalue weighted by Gasteiger charge is 2.15. The molecule has 19 heavy (non-hydrogen) atoms. The van der Waals surface area contributed by atoms with E-state index in [0.717, 1.165) is 38.0 Å². The second-order valence-corrected chi connectivity index (χ2v) is 5.34. The molecule has 2 rings (SSSR count). The minimum absolute atomic E-state index is 0.206. The van der Waals surface area contributed by atoms with Crippen LogP contribution in [0.25, 0.3) is 0 Å². The normalized spacial score (nSPS) is 20.4. The van der Waals surface area contributed by atoms with Crippen molar-refractivity contribution in [3.05, 3.63) is 29.8 Å². The average molecular weight is 263 g/mol. The first-order valence-electron chi connectivity index (χ1n) is 7.28. The van der Waals surface area contributed by atoms with Gasteiger partial charge in [-0.1, -0.05) is 18.2 Å². The molecule has 1 aromatic carbocycles. The highest BCUT2D eigenvalue weighted by molar-refractivity contribution is 5.33. The van der Waals surface area contributed by atoms with E-state index in [9.17, 15) is 0 Å². The third-order valence-corrected chi connectivity index (χ3v) is 3.80. The monoisotopic (exact) mass is 263 g/mol. The van der Waals surface area contributed by atoms with E-state index in [2.05, 4.69) is 6.07 Å². The zero-order valence-electron chi connectivity index (χ0n) is 11.8. The minimum atomic E-state index is 0.206. The SMILES string of the molecule is COc1ccccc1CC(N)CCCC1CCCO1. The summed E-state index contributed by atoms with van der Waals surface area (Å²) < 4.78 is 11.0. The summed E-state index contributed by atoms with van der Waals surface area (Å²) in [4.78, 5) is 0. The fraction of sp³-hybridized carbons (Fsp3) is 0.625. The van der Waals surface area contributed by atoms with Gasteiger partial charge in [-0.05, 0) is 50.2 Å². The van der Waals surface area contributed by atoms with Crippen molar-refractivity contribution in [3.63, 3.8) is 0 Å². The Morgan fingerprint density at radius 1 is 1.42 bits per heavy atom. The summed E-state index contributed by atoms with van der Waals surface area (Å²) in [6.07, 6.45) is 7.17. The predicted molar refractivity (Wildman–Crippen MR) is 77.5 cm³/mol. The van der Waals surface area contributed by atoms with Crippen LogP contribution in [0.1, 0.15) is 37.7 Å². The molecule has 1 saturated heterocycles. The number of nitrogens with two attached hydrogens (primary N) is 1. The predicted octanol–water partition coefficient (Wildman–Crippen LogP) is 2.91. The fourth-order valence-corrected chi connectivity index (χ4v) is 2.74. The van der Waals surface area contributed by atoms with Crippen LogP contribution in [0.5, 0.6) is 5.75 Å². The number of rotatable bonds is 7. The van der Waals surface area contributed by atoms with Crippen molar-refractivity contribution >= 4 is 0 Å². The number of methoxy groups -OCH3 is 1. The topological polar surface area (TPSA) is 44.5 Å². The van der Waals surface area contributed by atoms with Crippen molar-refractivity contribution in [2.24, 2.45) is 5.73 Å². The first kappa shape index (κ1) is 14.4. The summed E-state index contributed by atoms with van der Waals surface area (Å²) in [6.45, 7) is 0.942. The molecule has 3 heteroatoms. The van der Waals surface area contributed by atoms with E-state index in [1.165, 1.54) is 18.4 Å². The van der Waals surface area contributed by atoms with Crippen LogP contribution in [0, 0.1) is 0 Å². The Morgan fingerprint density at radius 2 is 2.26 bits per heavy atom. The maximum Gasteiger partial charge on any atom is 0.122 e. The third-order valence-electron chi connectivity index (χ3n) is 3.80. The number of hydrogen-bond donors (Lipinski definition) is 1. The van der Waals surface area contributed by atoms with Crippen LogP contribution >= 0.6 is 0 Å². The second kappa shape index (κ2) is 7.51. The van der Waals surface area contributed by atoms with Gasteiger partial charge in [0.1, 0.15) is 5.75 Å². The summed E-state index contributed by atoms with van der Waals surface area (Å²) in [5.41, 5.74) is 7.42. The zero-order chi connectivity index (χ0) is 13.5. The smallest absolute Gasteiger partial charge is 0.122 e. The lowest BCUT2D eigenvalue weighted by molar-refractivity contribution is 0.101. The van der Waals surface area contributed by atoms with Crippen molar-refractivity contribution in [2.75, 3.05) is 13.7 Å². The van der Waals surface area contributed by atoms with Crippen LogP contribution < -0.4 is 10.5 Å². The standard InChI is InChI=1S/C16H25NO2/c1-18-16-10-3-2-6-13(16)12-14(17)7-4-8-15-9-5-11-19-15/h2-3,6,10,14-15H,4-5,7-9,11-12,17H2,1H3. The van der Waals surface area contributed by atoms with Crippen LogP contribution in [0.4, 0.5) is 0 Å². The molecule has 0 aromatic heterocycles. The van der Waals surface area contributed by atoms with E-state index >= 15 is 0 Å². The maximum absolute atomic E-state index is 6.22. The first-order valence-corrected chi connectivity index (χ1v) is 7.28. The van der Waals surface area contributed by atoms with Crippen LogP contribution in [0.3, 0.4) is 0 Å². The van der Waals surface area contributed by atoms with Gasteiger partial charge in [0.2, 0.25) is 0 Å². The number of benzene rings is 1. The van der Waals surface area contributed by atoms with Crippen molar-refractivity contribution in [2.45, 2.75) is 50.7 Å². The molecule has 0 radical (unpaired) electrons. The molecule has 0 aliphatic carbocycles. The molecular formula is C16H25NO2. The van der Waals surface area contributed by atoms with E-state index < -0.39 is 0 Å².